The molecule has 4 heteroatoms. The van der Waals surface area contributed by atoms with E-state index in [-0.39, 0.29) is 0 Å². The number of thiophene rings is 1. The molecule has 0 amide bonds. The molecule has 0 aliphatic rings. The van der Waals surface area contributed by atoms with Gasteiger partial charge in [0, 0.05) is 11.4 Å². The third kappa shape index (κ3) is 7.65. The van der Waals surface area contributed by atoms with Crippen LogP contribution in [0.3, 0.4) is 0 Å². The van der Waals surface area contributed by atoms with Gasteiger partial charge >= 0.3 is 5.97 Å². The van der Waals surface area contributed by atoms with E-state index in [2.05, 4.69) is 12.2 Å². The van der Waals surface area contributed by atoms with Crippen LogP contribution < -0.4 is 5.32 Å². The van der Waals surface area contributed by atoms with Crippen molar-refractivity contribution in [2.24, 2.45) is 0 Å². The highest BCUT2D eigenvalue weighted by atomic mass is 32.1. The normalized spacial score (nSPS) is 12.4. The van der Waals surface area contributed by atoms with E-state index < -0.39 is 12.0 Å². The third-order valence-electron chi connectivity index (χ3n) is 3.50. The summed E-state index contributed by atoms with van der Waals surface area (Å²) in [6, 6.07) is 3.62. The summed E-state index contributed by atoms with van der Waals surface area (Å²) >= 11 is 1.66. The van der Waals surface area contributed by atoms with Crippen molar-refractivity contribution in [3.8, 4) is 0 Å². The van der Waals surface area contributed by atoms with Gasteiger partial charge in [-0.15, -0.1) is 11.3 Å². The Kier molecular flexibility index (Phi) is 9.33. The first-order valence-electron chi connectivity index (χ1n) is 7.72. The molecule has 1 rings (SSSR count). The van der Waals surface area contributed by atoms with Crippen LogP contribution >= 0.6 is 11.3 Å². The molecule has 0 aromatic carbocycles. The second-order valence-corrected chi connectivity index (χ2v) is 6.29. The Balaban J connectivity index is 2.11. The molecule has 0 radical (unpaired) electrons. The minimum atomic E-state index is -0.729. The number of hydrogen-bond acceptors (Lipinski definition) is 3. The van der Waals surface area contributed by atoms with Gasteiger partial charge in [0.05, 0.1) is 0 Å². The summed E-state index contributed by atoms with van der Waals surface area (Å²) in [5.74, 6) is -0.729. The summed E-state index contributed by atoms with van der Waals surface area (Å²) in [5, 5.41) is 14.4. The maximum absolute atomic E-state index is 11.2. The Labute approximate surface area is 126 Å². The average Bonchev–Trinajstić information content (AvgIpc) is 2.93. The second-order valence-electron chi connectivity index (χ2n) is 5.26. The van der Waals surface area contributed by atoms with E-state index in [1.807, 2.05) is 17.5 Å². The van der Waals surface area contributed by atoms with Gasteiger partial charge in [0.1, 0.15) is 6.04 Å². The lowest BCUT2D eigenvalue weighted by Crippen LogP contribution is -2.35. The molecule has 1 atom stereocenters. The van der Waals surface area contributed by atoms with Crippen molar-refractivity contribution >= 4 is 17.3 Å². The van der Waals surface area contributed by atoms with E-state index in [1.165, 1.54) is 37.0 Å². The quantitative estimate of drug-likeness (QED) is 0.561. The predicted molar refractivity (Wildman–Crippen MR) is 85.2 cm³/mol. The molecule has 0 saturated carbocycles. The molecule has 1 unspecified atom stereocenters. The van der Waals surface area contributed by atoms with Gasteiger partial charge in [0.2, 0.25) is 0 Å². The summed E-state index contributed by atoms with van der Waals surface area (Å²) in [5.41, 5.74) is 0. The minimum Gasteiger partial charge on any atom is -0.480 e. The molecule has 1 aromatic rings. The van der Waals surface area contributed by atoms with Crippen molar-refractivity contribution < 1.29 is 9.90 Å². The lowest BCUT2D eigenvalue weighted by molar-refractivity contribution is -0.139. The van der Waals surface area contributed by atoms with E-state index >= 15 is 0 Å². The summed E-state index contributed by atoms with van der Waals surface area (Å²) in [6.07, 6.45) is 9.30. The van der Waals surface area contributed by atoms with Gasteiger partial charge in [-0.3, -0.25) is 10.1 Å². The van der Waals surface area contributed by atoms with Crippen LogP contribution in [0.5, 0.6) is 0 Å². The highest BCUT2D eigenvalue weighted by Crippen LogP contribution is 2.12. The van der Waals surface area contributed by atoms with Crippen molar-refractivity contribution in [3.63, 3.8) is 0 Å². The van der Waals surface area contributed by atoms with Gasteiger partial charge in [-0.05, 0) is 17.9 Å². The summed E-state index contributed by atoms with van der Waals surface area (Å²) in [4.78, 5) is 12.4. The van der Waals surface area contributed by atoms with Gasteiger partial charge in [0.15, 0.2) is 0 Å². The van der Waals surface area contributed by atoms with Gasteiger partial charge in [-0.1, -0.05) is 57.9 Å². The number of nitrogens with one attached hydrogen (secondary N) is 1. The van der Waals surface area contributed by atoms with Crippen molar-refractivity contribution in [1.82, 2.24) is 5.32 Å². The molecule has 114 valence electrons. The molecule has 0 aliphatic carbocycles. The average molecular weight is 297 g/mol. The SMILES string of the molecule is CCCCCCCCCC(NCc1cccs1)C(=O)O. The van der Waals surface area contributed by atoms with E-state index in [0.29, 0.717) is 6.54 Å². The van der Waals surface area contributed by atoms with Crippen LogP contribution in [-0.4, -0.2) is 17.1 Å². The highest BCUT2D eigenvalue weighted by molar-refractivity contribution is 7.09. The molecule has 0 saturated heterocycles. The fourth-order valence-electron chi connectivity index (χ4n) is 2.26. The minimum absolute atomic E-state index is 0.409. The summed E-state index contributed by atoms with van der Waals surface area (Å²) < 4.78 is 0. The van der Waals surface area contributed by atoms with Crippen molar-refractivity contribution in [2.45, 2.75) is 70.9 Å². The van der Waals surface area contributed by atoms with Crippen LogP contribution in [-0.2, 0) is 11.3 Å². The molecule has 2 N–H and O–H groups in total. The van der Waals surface area contributed by atoms with Gasteiger partial charge in [0.25, 0.3) is 0 Å². The largest absolute Gasteiger partial charge is 0.480 e. The molecule has 0 bridgehead atoms. The second kappa shape index (κ2) is 10.9. The fraction of sp³-hybridized carbons (Fsp3) is 0.688. The predicted octanol–water partition coefficient (Wildman–Crippen LogP) is 4.43. The number of unbranched alkanes of at least 4 members (excludes halogenated alkanes) is 6. The number of aliphatic carboxylic acids is 1. The molecule has 0 spiro atoms. The van der Waals surface area contributed by atoms with Crippen LogP contribution in [0.15, 0.2) is 17.5 Å². The maximum atomic E-state index is 11.2. The Morgan fingerprint density at radius 3 is 2.55 bits per heavy atom. The fourth-order valence-corrected chi connectivity index (χ4v) is 2.91. The van der Waals surface area contributed by atoms with Crippen LogP contribution in [0.25, 0.3) is 0 Å². The molecule has 1 heterocycles. The summed E-state index contributed by atoms with van der Waals surface area (Å²) in [6.45, 7) is 2.88. The van der Waals surface area contributed by atoms with E-state index in [0.717, 1.165) is 19.3 Å². The molecular formula is C16H27NO2S. The molecular weight excluding hydrogens is 270 g/mol. The number of carbonyl (C=O) groups is 1. The molecule has 1 aromatic heterocycles. The number of carboxylic acid groups (broad SMARTS) is 1. The molecule has 20 heavy (non-hydrogen) atoms. The lowest BCUT2D eigenvalue weighted by atomic mass is 10.1. The van der Waals surface area contributed by atoms with Crippen molar-refractivity contribution in [2.75, 3.05) is 0 Å². The summed E-state index contributed by atoms with van der Waals surface area (Å²) in [7, 11) is 0. The third-order valence-corrected chi connectivity index (χ3v) is 4.37. The highest BCUT2D eigenvalue weighted by Gasteiger charge is 2.15. The van der Waals surface area contributed by atoms with Crippen molar-refractivity contribution in [3.05, 3.63) is 22.4 Å². The van der Waals surface area contributed by atoms with Crippen LogP contribution in [0.4, 0.5) is 0 Å². The van der Waals surface area contributed by atoms with E-state index in [9.17, 15) is 9.90 Å². The zero-order chi connectivity index (χ0) is 14.6. The number of rotatable bonds is 12. The standard InChI is InChI=1S/C16H27NO2S/c1-2-3-4-5-6-7-8-11-15(16(18)19)17-13-14-10-9-12-20-14/h9-10,12,15,17H,2-8,11,13H2,1H3,(H,18,19). The van der Waals surface area contributed by atoms with Crippen LogP contribution in [0.1, 0.15) is 63.2 Å². The number of carboxylic acids is 1. The molecule has 0 aliphatic heterocycles. The maximum Gasteiger partial charge on any atom is 0.320 e. The smallest absolute Gasteiger partial charge is 0.320 e. The Hall–Kier alpha value is -0.870. The Morgan fingerprint density at radius 2 is 1.95 bits per heavy atom. The van der Waals surface area contributed by atoms with Crippen LogP contribution in [0, 0.1) is 0 Å². The Morgan fingerprint density at radius 1 is 1.25 bits per heavy atom. The molecule has 3 nitrogen and oxygen atoms in total. The number of hydrogen-bond donors (Lipinski definition) is 2. The van der Waals surface area contributed by atoms with Gasteiger partial charge in [-0.25, -0.2) is 0 Å². The molecule has 0 fully saturated rings. The van der Waals surface area contributed by atoms with Crippen molar-refractivity contribution in [1.29, 1.82) is 0 Å². The first kappa shape index (κ1) is 17.2. The monoisotopic (exact) mass is 297 g/mol. The van der Waals surface area contributed by atoms with E-state index in [4.69, 9.17) is 0 Å². The Bertz CT molecular complexity index is 351. The van der Waals surface area contributed by atoms with E-state index in [1.54, 1.807) is 11.3 Å². The topological polar surface area (TPSA) is 49.3 Å². The zero-order valence-corrected chi connectivity index (χ0v) is 13.3. The lowest BCUT2D eigenvalue weighted by Gasteiger charge is -2.13. The van der Waals surface area contributed by atoms with Gasteiger partial charge in [-0.2, -0.15) is 0 Å². The first-order chi connectivity index (χ1) is 9.74. The van der Waals surface area contributed by atoms with Crippen LogP contribution in [0.2, 0.25) is 0 Å². The van der Waals surface area contributed by atoms with Gasteiger partial charge < -0.3 is 5.11 Å². The zero-order valence-electron chi connectivity index (χ0n) is 12.4. The first-order valence-corrected chi connectivity index (χ1v) is 8.60.